The quantitative estimate of drug-likeness (QED) is 0.648. The number of nitrogens with one attached hydrogen (secondary N) is 1. The zero-order chi connectivity index (χ0) is 20.7. The van der Waals surface area contributed by atoms with Crippen molar-refractivity contribution >= 4 is 15.9 Å². The van der Waals surface area contributed by atoms with Gasteiger partial charge in [-0.05, 0) is 61.1 Å². The minimum atomic E-state index is -3.44. The third-order valence-electron chi connectivity index (χ3n) is 5.14. The minimum absolute atomic E-state index is 0.0812. The molecule has 1 amide bonds. The van der Waals surface area contributed by atoms with Crippen molar-refractivity contribution in [2.24, 2.45) is 0 Å². The van der Waals surface area contributed by atoms with Gasteiger partial charge in [0.1, 0.15) is 5.75 Å². The summed E-state index contributed by atoms with van der Waals surface area (Å²) in [5, 5.41) is 12.2. The molecule has 0 bridgehead atoms. The Morgan fingerprint density at radius 3 is 2.21 bits per heavy atom. The number of carbonyl (C=O) groups excluding carboxylic acids is 1. The molecule has 1 aliphatic rings. The van der Waals surface area contributed by atoms with Gasteiger partial charge in [0.2, 0.25) is 15.9 Å². The lowest BCUT2D eigenvalue weighted by Crippen LogP contribution is -2.35. The maximum Gasteiger partial charge on any atom is 0.243 e. The van der Waals surface area contributed by atoms with Crippen LogP contribution in [0.3, 0.4) is 0 Å². The minimum Gasteiger partial charge on any atom is -0.508 e. The molecule has 2 aromatic carbocycles. The summed E-state index contributed by atoms with van der Waals surface area (Å²) < 4.78 is 26.9. The lowest BCUT2D eigenvalue weighted by Gasteiger charge is -2.25. The lowest BCUT2D eigenvalue weighted by molar-refractivity contribution is -0.120. The highest BCUT2D eigenvalue weighted by Crippen LogP contribution is 2.21. The third kappa shape index (κ3) is 6.05. The summed E-state index contributed by atoms with van der Waals surface area (Å²) in [5.74, 6) is 0.166. The molecule has 1 saturated heterocycles. The predicted molar refractivity (Wildman–Crippen MR) is 112 cm³/mol. The number of phenolic OH excluding ortho intramolecular Hbond substituents is 1. The summed E-state index contributed by atoms with van der Waals surface area (Å²) in [6.45, 7) is 1.73. The first-order valence-corrected chi connectivity index (χ1v) is 11.5. The molecular weight excluding hydrogens is 388 g/mol. The van der Waals surface area contributed by atoms with Gasteiger partial charge in [-0.25, -0.2) is 8.42 Å². The summed E-state index contributed by atoms with van der Waals surface area (Å²) in [6, 6.07) is 13.7. The molecule has 1 fully saturated rings. The molecule has 0 saturated carbocycles. The predicted octanol–water partition coefficient (Wildman–Crippen LogP) is 2.86. The van der Waals surface area contributed by atoms with Gasteiger partial charge < -0.3 is 10.4 Å². The number of piperidine rings is 1. The van der Waals surface area contributed by atoms with E-state index in [4.69, 9.17) is 0 Å². The first kappa shape index (κ1) is 21.3. The molecule has 3 rings (SSSR count). The standard InChI is InChI=1S/C22H28N2O4S/c25-20-10-6-18(7-11-20)5-4-14-23-22(26)17-19-8-12-21(13-9-19)29(27,28)24-15-2-1-3-16-24/h6-13,25H,1-5,14-17H2,(H,23,26). The molecule has 0 spiro atoms. The van der Waals surface area contributed by atoms with Crippen molar-refractivity contribution in [3.8, 4) is 5.75 Å². The van der Waals surface area contributed by atoms with Crippen molar-refractivity contribution < 1.29 is 18.3 Å². The van der Waals surface area contributed by atoms with E-state index in [2.05, 4.69) is 5.32 Å². The first-order chi connectivity index (χ1) is 13.9. The Kier molecular flexibility index (Phi) is 7.28. The van der Waals surface area contributed by atoms with Crippen LogP contribution < -0.4 is 5.32 Å². The van der Waals surface area contributed by atoms with Gasteiger partial charge in [0.25, 0.3) is 0 Å². The molecule has 1 aliphatic heterocycles. The maximum absolute atomic E-state index is 12.7. The topological polar surface area (TPSA) is 86.7 Å². The zero-order valence-corrected chi connectivity index (χ0v) is 17.3. The molecule has 0 unspecified atom stereocenters. The van der Waals surface area contributed by atoms with Crippen molar-refractivity contribution in [3.63, 3.8) is 0 Å². The molecule has 29 heavy (non-hydrogen) atoms. The van der Waals surface area contributed by atoms with Crippen molar-refractivity contribution in [1.29, 1.82) is 0 Å². The van der Waals surface area contributed by atoms with E-state index < -0.39 is 10.0 Å². The van der Waals surface area contributed by atoms with Gasteiger partial charge in [-0.1, -0.05) is 30.7 Å². The number of hydrogen-bond acceptors (Lipinski definition) is 4. The third-order valence-corrected chi connectivity index (χ3v) is 7.05. The molecule has 0 radical (unpaired) electrons. The van der Waals surface area contributed by atoms with E-state index in [1.165, 1.54) is 0 Å². The fraction of sp³-hybridized carbons (Fsp3) is 0.409. The summed E-state index contributed by atoms with van der Waals surface area (Å²) in [5.41, 5.74) is 1.90. The van der Waals surface area contributed by atoms with E-state index >= 15 is 0 Å². The average molecular weight is 417 g/mol. The Morgan fingerprint density at radius 1 is 0.931 bits per heavy atom. The van der Waals surface area contributed by atoms with E-state index in [0.717, 1.165) is 43.2 Å². The smallest absolute Gasteiger partial charge is 0.243 e. The molecule has 2 N–H and O–H groups in total. The number of hydrogen-bond donors (Lipinski definition) is 2. The Labute approximate surface area is 172 Å². The Balaban J connectivity index is 1.45. The largest absolute Gasteiger partial charge is 0.508 e. The van der Waals surface area contributed by atoms with Crippen molar-refractivity contribution in [2.45, 2.75) is 43.4 Å². The van der Waals surface area contributed by atoms with Gasteiger partial charge in [-0.15, -0.1) is 0 Å². The maximum atomic E-state index is 12.7. The average Bonchev–Trinajstić information content (AvgIpc) is 2.73. The highest BCUT2D eigenvalue weighted by molar-refractivity contribution is 7.89. The molecule has 1 heterocycles. The van der Waals surface area contributed by atoms with Gasteiger partial charge in [0, 0.05) is 19.6 Å². The Morgan fingerprint density at radius 2 is 1.55 bits per heavy atom. The molecule has 0 aromatic heterocycles. The van der Waals surface area contributed by atoms with Gasteiger partial charge in [-0.3, -0.25) is 4.79 Å². The summed E-state index contributed by atoms with van der Waals surface area (Å²) in [6.07, 6.45) is 4.75. The van der Waals surface area contributed by atoms with Crippen molar-refractivity contribution in [1.82, 2.24) is 9.62 Å². The normalized spacial score (nSPS) is 15.2. The van der Waals surface area contributed by atoms with Gasteiger partial charge >= 0.3 is 0 Å². The molecule has 2 aromatic rings. The summed E-state index contributed by atoms with van der Waals surface area (Å²) in [7, 11) is -3.44. The van der Waals surface area contributed by atoms with Crippen molar-refractivity contribution in [3.05, 3.63) is 59.7 Å². The number of carbonyl (C=O) groups is 1. The van der Waals surface area contributed by atoms with Crippen LogP contribution in [0.2, 0.25) is 0 Å². The monoisotopic (exact) mass is 416 g/mol. The SMILES string of the molecule is O=C(Cc1ccc(S(=O)(=O)N2CCCCC2)cc1)NCCCc1ccc(O)cc1. The number of benzene rings is 2. The zero-order valence-electron chi connectivity index (χ0n) is 16.5. The summed E-state index contributed by atoms with van der Waals surface area (Å²) in [4.78, 5) is 12.4. The van der Waals surface area contributed by atoms with Crippen LogP contribution in [-0.4, -0.2) is 43.4 Å². The van der Waals surface area contributed by atoms with Crippen LogP contribution in [0.5, 0.6) is 5.75 Å². The molecular formula is C22H28N2O4S. The van der Waals surface area contributed by atoms with Crippen LogP contribution in [0.15, 0.2) is 53.4 Å². The molecule has 156 valence electrons. The highest BCUT2D eigenvalue weighted by Gasteiger charge is 2.25. The second-order valence-corrected chi connectivity index (χ2v) is 9.34. The van der Waals surface area contributed by atoms with Gasteiger partial charge in [0.15, 0.2) is 0 Å². The number of aromatic hydroxyl groups is 1. The number of sulfonamides is 1. The second kappa shape index (κ2) is 9.89. The first-order valence-electron chi connectivity index (χ1n) is 10.1. The molecule has 0 atom stereocenters. The fourth-order valence-corrected chi connectivity index (χ4v) is 4.98. The van der Waals surface area contributed by atoms with E-state index in [0.29, 0.717) is 19.6 Å². The molecule has 6 nitrogen and oxygen atoms in total. The van der Waals surface area contributed by atoms with Crippen LogP contribution >= 0.6 is 0 Å². The van der Waals surface area contributed by atoms with Crippen molar-refractivity contribution in [2.75, 3.05) is 19.6 Å². The van der Waals surface area contributed by atoms with Crippen LogP contribution in [0, 0.1) is 0 Å². The fourth-order valence-electron chi connectivity index (χ4n) is 3.46. The summed E-state index contributed by atoms with van der Waals surface area (Å²) >= 11 is 0. The molecule has 0 aliphatic carbocycles. The molecule has 7 heteroatoms. The van der Waals surface area contributed by atoms with E-state index in [-0.39, 0.29) is 23.0 Å². The van der Waals surface area contributed by atoms with E-state index in [9.17, 15) is 18.3 Å². The van der Waals surface area contributed by atoms with Crippen LogP contribution in [0.4, 0.5) is 0 Å². The lowest BCUT2D eigenvalue weighted by atomic mass is 10.1. The van der Waals surface area contributed by atoms with Crippen LogP contribution in [0.1, 0.15) is 36.8 Å². The second-order valence-electron chi connectivity index (χ2n) is 7.41. The number of phenols is 1. The van der Waals surface area contributed by atoms with E-state index in [1.807, 2.05) is 12.1 Å². The number of nitrogens with zero attached hydrogens (tertiary/aromatic N) is 1. The highest BCUT2D eigenvalue weighted by atomic mass is 32.2. The number of amides is 1. The number of rotatable bonds is 8. The van der Waals surface area contributed by atoms with Crippen LogP contribution in [0.25, 0.3) is 0 Å². The van der Waals surface area contributed by atoms with Crippen LogP contribution in [-0.2, 0) is 27.7 Å². The Bertz CT molecular complexity index is 903. The Hall–Kier alpha value is -2.38. The van der Waals surface area contributed by atoms with Gasteiger partial charge in [-0.2, -0.15) is 4.31 Å². The van der Waals surface area contributed by atoms with E-state index in [1.54, 1.807) is 40.7 Å². The van der Waals surface area contributed by atoms with Gasteiger partial charge in [0.05, 0.1) is 11.3 Å². The number of aryl methyl sites for hydroxylation is 1.